The van der Waals surface area contributed by atoms with E-state index < -0.39 is 22.0 Å². The molecule has 35 heavy (non-hydrogen) atoms. The summed E-state index contributed by atoms with van der Waals surface area (Å²) in [7, 11) is -2.75. The molecule has 8 nitrogen and oxygen atoms in total. The van der Waals surface area contributed by atoms with Crippen molar-refractivity contribution >= 4 is 32.9 Å². The van der Waals surface area contributed by atoms with E-state index in [1.54, 1.807) is 13.0 Å². The fourth-order valence-corrected chi connectivity index (χ4v) is 4.65. The molecular formula is C26H22N2O6S. The molecule has 1 heterocycles. The number of primary sulfonamides is 1. The molecule has 178 valence electrons. The van der Waals surface area contributed by atoms with Crippen molar-refractivity contribution in [2.24, 2.45) is 5.14 Å². The van der Waals surface area contributed by atoms with E-state index in [9.17, 15) is 18.0 Å². The third-order valence-electron chi connectivity index (χ3n) is 5.49. The largest absolute Gasteiger partial charge is 0.465 e. The zero-order chi connectivity index (χ0) is 25.2. The van der Waals surface area contributed by atoms with Crippen molar-refractivity contribution in [3.05, 3.63) is 95.2 Å². The van der Waals surface area contributed by atoms with E-state index in [-0.39, 0.29) is 28.3 Å². The Hall–Kier alpha value is -4.08. The zero-order valence-electron chi connectivity index (χ0n) is 19.0. The number of carbonyl (C=O) groups is 2. The number of fused-ring (bicyclic) bond motifs is 1. The van der Waals surface area contributed by atoms with Gasteiger partial charge < -0.3 is 9.47 Å². The summed E-state index contributed by atoms with van der Waals surface area (Å²) in [4.78, 5) is 30.1. The molecule has 0 spiro atoms. The molecule has 3 aromatic carbocycles. The number of nitrogens with zero attached hydrogens (tertiary/aromatic N) is 1. The molecule has 2 N–H and O–H groups in total. The van der Waals surface area contributed by atoms with Crippen molar-refractivity contribution in [2.75, 3.05) is 7.11 Å². The molecule has 9 heteroatoms. The summed E-state index contributed by atoms with van der Waals surface area (Å²) in [6.45, 7) is 1.23. The van der Waals surface area contributed by atoms with Crippen molar-refractivity contribution in [3.8, 4) is 11.1 Å². The minimum absolute atomic E-state index is 0.00307. The van der Waals surface area contributed by atoms with E-state index in [2.05, 4.69) is 4.98 Å². The number of benzene rings is 3. The second kappa shape index (κ2) is 9.65. The number of hydrogen-bond acceptors (Lipinski definition) is 7. The molecule has 4 rings (SSSR count). The predicted octanol–water partition coefficient (Wildman–Crippen LogP) is 4.00. The maximum Gasteiger partial charge on any atom is 0.340 e. The van der Waals surface area contributed by atoms with E-state index in [0.29, 0.717) is 16.6 Å². The average molecular weight is 491 g/mol. The summed E-state index contributed by atoms with van der Waals surface area (Å²) in [6, 6.07) is 20.7. The summed E-state index contributed by atoms with van der Waals surface area (Å²) in [5.41, 5.74) is 2.79. The van der Waals surface area contributed by atoms with Gasteiger partial charge in [-0.3, -0.25) is 0 Å². The van der Waals surface area contributed by atoms with Gasteiger partial charge in [-0.25, -0.2) is 28.1 Å². The minimum Gasteiger partial charge on any atom is -0.465 e. The van der Waals surface area contributed by atoms with Gasteiger partial charge in [0.05, 0.1) is 34.3 Å². The third-order valence-corrected chi connectivity index (χ3v) is 6.54. The number of aryl methyl sites for hydroxylation is 1. The number of pyridine rings is 1. The number of methoxy groups -OCH3 is 1. The predicted molar refractivity (Wildman–Crippen MR) is 130 cm³/mol. The number of esters is 2. The lowest BCUT2D eigenvalue weighted by atomic mass is 9.94. The van der Waals surface area contributed by atoms with Gasteiger partial charge in [-0.2, -0.15) is 0 Å². The molecule has 0 bridgehead atoms. The summed E-state index contributed by atoms with van der Waals surface area (Å²) < 4.78 is 34.1. The first-order chi connectivity index (χ1) is 16.7. The quantitative estimate of drug-likeness (QED) is 0.405. The highest BCUT2D eigenvalue weighted by Crippen LogP contribution is 2.34. The average Bonchev–Trinajstić information content (AvgIpc) is 2.85. The molecule has 4 aromatic rings. The molecular weight excluding hydrogens is 468 g/mol. The molecule has 0 aliphatic carbocycles. The zero-order valence-corrected chi connectivity index (χ0v) is 19.8. The first-order valence-corrected chi connectivity index (χ1v) is 12.1. The Balaban J connectivity index is 1.79. The fraction of sp³-hybridized carbons (Fsp3) is 0.115. The van der Waals surface area contributed by atoms with Crippen LogP contribution in [-0.4, -0.2) is 32.5 Å². The molecule has 0 saturated heterocycles. The van der Waals surface area contributed by atoms with Crippen molar-refractivity contribution in [1.82, 2.24) is 4.98 Å². The molecule has 1 aromatic heterocycles. The van der Waals surface area contributed by atoms with Gasteiger partial charge in [-0.05, 0) is 36.2 Å². The van der Waals surface area contributed by atoms with E-state index in [4.69, 9.17) is 14.6 Å². The Labute approximate surface area is 202 Å². The molecule has 0 unspecified atom stereocenters. The van der Waals surface area contributed by atoms with Crippen LogP contribution in [0.15, 0.2) is 77.7 Å². The Bertz CT molecular complexity index is 1550. The third kappa shape index (κ3) is 4.91. The van der Waals surface area contributed by atoms with Gasteiger partial charge in [0.25, 0.3) is 0 Å². The van der Waals surface area contributed by atoms with Gasteiger partial charge in [0, 0.05) is 10.9 Å². The smallest absolute Gasteiger partial charge is 0.340 e. The first kappa shape index (κ1) is 24.1. The maximum absolute atomic E-state index is 12.9. The first-order valence-electron chi connectivity index (χ1n) is 10.6. The van der Waals surface area contributed by atoms with Crippen LogP contribution in [0.4, 0.5) is 0 Å². The number of nitrogens with two attached hydrogens (primary N) is 1. The molecule has 0 fully saturated rings. The van der Waals surface area contributed by atoms with Gasteiger partial charge in [0.2, 0.25) is 10.0 Å². The Morgan fingerprint density at radius 3 is 2.31 bits per heavy atom. The number of sulfonamides is 1. The van der Waals surface area contributed by atoms with Crippen molar-refractivity contribution < 1.29 is 27.5 Å². The molecule has 0 aliphatic rings. The van der Waals surface area contributed by atoms with E-state index in [1.807, 2.05) is 48.5 Å². The van der Waals surface area contributed by atoms with E-state index in [1.165, 1.54) is 19.2 Å². The molecule has 0 aliphatic heterocycles. The SMILES string of the molecule is COC(=O)c1c(COC(=O)c2ccc(C)c(S(N)(=O)=O)c2)nc2ccccc2c1-c1ccccc1. The van der Waals surface area contributed by atoms with Crippen molar-refractivity contribution in [2.45, 2.75) is 18.4 Å². The topological polar surface area (TPSA) is 126 Å². The van der Waals surface area contributed by atoms with Gasteiger partial charge in [-0.1, -0.05) is 54.6 Å². The van der Waals surface area contributed by atoms with Crippen LogP contribution < -0.4 is 5.14 Å². The van der Waals surface area contributed by atoms with Crippen molar-refractivity contribution in [1.29, 1.82) is 0 Å². The molecule has 0 saturated carbocycles. The van der Waals surface area contributed by atoms with Crippen LogP contribution >= 0.6 is 0 Å². The Kier molecular flexibility index (Phi) is 6.63. The van der Waals surface area contributed by atoms with E-state index >= 15 is 0 Å². The summed E-state index contributed by atoms with van der Waals surface area (Å²) in [6.07, 6.45) is 0. The number of hydrogen-bond donors (Lipinski definition) is 1. The lowest BCUT2D eigenvalue weighted by Gasteiger charge is -2.16. The molecule has 0 amide bonds. The summed E-state index contributed by atoms with van der Waals surface area (Å²) in [5.74, 6) is -1.41. The highest BCUT2D eigenvalue weighted by molar-refractivity contribution is 7.89. The number of ether oxygens (including phenoxy) is 2. The number of rotatable bonds is 6. The van der Waals surface area contributed by atoms with Crippen LogP contribution in [0.25, 0.3) is 22.0 Å². The van der Waals surface area contributed by atoms with Crippen LogP contribution in [0.1, 0.15) is 32.0 Å². The minimum atomic E-state index is -4.02. The monoisotopic (exact) mass is 490 g/mol. The maximum atomic E-state index is 12.9. The van der Waals surface area contributed by atoms with Crippen LogP contribution in [0.3, 0.4) is 0 Å². The second-order valence-corrected chi connectivity index (χ2v) is 9.31. The summed E-state index contributed by atoms with van der Waals surface area (Å²) in [5, 5.41) is 5.98. The Morgan fingerprint density at radius 2 is 1.63 bits per heavy atom. The van der Waals surface area contributed by atoms with Crippen LogP contribution in [-0.2, 0) is 26.1 Å². The highest BCUT2D eigenvalue weighted by Gasteiger charge is 2.24. The molecule has 0 radical (unpaired) electrons. The van der Waals surface area contributed by atoms with Crippen LogP contribution in [0, 0.1) is 6.92 Å². The van der Waals surface area contributed by atoms with Gasteiger partial charge in [0.1, 0.15) is 6.61 Å². The number of aromatic nitrogens is 1. The Morgan fingerprint density at radius 1 is 0.943 bits per heavy atom. The fourth-order valence-electron chi connectivity index (χ4n) is 3.84. The molecule has 0 atom stereocenters. The lowest BCUT2D eigenvalue weighted by molar-refractivity contribution is 0.0455. The second-order valence-electron chi connectivity index (χ2n) is 7.78. The van der Waals surface area contributed by atoms with Gasteiger partial charge in [-0.15, -0.1) is 0 Å². The summed E-state index contributed by atoms with van der Waals surface area (Å²) >= 11 is 0. The highest BCUT2D eigenvalue weighted by atomic mass is 32.2. The van der Waals surface area contributed by atoms with Crippen LogP contribution in [0.5, 0.6) is 0 Å². The van der Waals surface area contributed by atoms with Gasteiger partial charge in [0.15, 0.2) is 0 Å². The van der Waals surface area contributed by atoms with Gasteiger partial charge >= 0.3 is 11.9 Å². The van der Waals surface area contributed by atoms with E-state index in [0.717, 1.165) is 17.0 Å². The normalized spacial score (nSPS) is 11.3. The van der Waals surface area contributed by atoms with Crippen LogP contribution in [0.2, 0.25) is 0 Å². The van der Waals surface area contributed by atoms with Crippen molar-refractivity contribution in [3.63, 3.8) is 0 Å². The number of para-hydroxylation sites is 1. The number of carbonyl (C=O) groups excluding carboxylic acids is 2. The standard InChI is InChI=1S/C26H22N2O6S/c1-16-12-13-18(14-22(16)35(27,31)32)25(29)34-15-21-24(26(30)33-2)23(17-8-4-3-5-9-17)19-10-6-7-11-20(19)28-21/h3-14H,15H2,1-2H3,(H2,27,31,32). The lowest BCUT2D eigenvalue weighted by Crippen LogP contribution is -2.16.